The molecule has 6 heteroatoms. The van der Waals surface area contributed by atoms with Crippen molar-refractivity contribution >= 4 is 0 Å². The Labute approximate surface area is 142 Å². The highest BCUT2D eigenvalue weighted by Crippen LogP contribution is 2.50. The van der Waals surface area contributed by atoms with E-state index in [9.17, 15) is 27.1 Å². The van der Waals surface area contributed by atoms with Gasteiger partial charge in [0, 0.05) is 5.41 Å². The molecular formula is C19H17F5O. The number of alkyl halides is 3. The van der Waals surface area contributed by atoms with Gasteiger partial charge in [0.15, 0.2) is 11.6 Å². The fraction of sp³-hybridized carbons (Fsp3) is 0.368. The Balaban J connectivity index is 2.04. The number of phenols is 1. The molecule has 1 aliphatic carbocycles. The van der Waals surface area contributed by atoms with Crippen molar-refractivity contribution in [2.75, 3.05) is 0 Å². The minimum atomic E-state index is -4.25. The molecule has 0 saturated heterocycles. The molecule has 1 aliphatic rings. The SMILES string of the molecule is Oc1ccc([C@]2(c3ccc(F)c(F)c3)CC[C@@H](C(F)(F)F)CC2)cc1. The van der Waals surface area contributed by atoms with Crippen LogP contribution in [0.1, 0.15) is 36.8 Å². The van der Waals surface area contributed by atoms with Crippen LogP contribution in [0.15, 0.2) is 42.5 Å². The van der Waals surface area contributed by atoms with E-state index in [1.807, 2.05) is 0 Å². The van der Waals surface area contributed by atoms with Gasteiger partial charge in [-0.3, -0.25) is 0 Å². The minimum absolute atomic E-state index is 0.0353. The monoisotopic (exact) mass is 356 g/mol. The van der Waals surface area contributed by atoms with E-state index in [2.05, 4.69) is 0 Å². The predicted molar refractivity (Wildman–Crippen MR) is 83.3 cm³/mol. The van der Waals surface area contributed by atoms with Gasteiger partial charge in [-0.25, -0.2) is 8.78 Å². The summed E-state index contributed by atoms with van der Waals surface area (Å²) in [6, 6.07) is 9.66. The molecule has 1 N–H and O–H groups in total. The first kappa shape index (κ1) is 17.7. The maximum Gasteiger partial charge on any atom is 0.391 e. The third-order valence-electron chi connectivity index (χ3n) is 5.19. The second-order valence-electron chi connectivity index (χ2n) is 6.57. The summed E-state index contributed by atoms with van der Waals surface area (Å²) in [5, 5.41) is 9.48. The summed E-state index contributed by atoms with van der Waals surface area (Å²) < 4.78 is 66.1. The van der Waals surface area contributed by atoms with Crippen molar-refractivity contribution in [3.05, 3.63) is 65.2 Å². The van der Waals surface area contributed by atoms with Crippen LogP contribution in [0.25, 0.3) is 0 Å². The number of hydrogen-bond acceptors (Lipinski definition) is 1. The lowest BCUT2D eigenvalue weighted by Crippen LogP contribution is -2.37. The number of rotatable bonds is 2. The fourth-order valence-electron chi connectivity index (χ4n) is 3.76. The number of halogens is 5. The molecule has 2 aromatic carbocycles. The van der Waals surface area contributed by atoms with E-state index in [-0.39, 0.29) is 31.4 Å². The van der Waals surface area contributed by atoms with Crippen LogP contribution in [-0.4, -0.2) is 11.3 Å². The van der Waals surface area contributed by atoms with Gasteiger partial charge in [0.1, 0.15) is 5.75 Å². The van der Waals surface area contributed by atoms with Crippen LogP contribution in [0.3, 0.4) is 0 Å². The molecule has 1 fully saturated rings. The summed E-state index contributed by atoms with van der Waals surface area (Å²) in [5.41, 5.74) is 0.318. The molecular weight excluding hydrogens is 339 g/mol. The van der Waals surface area contributed by atoms with Crippen LogP contribution in [0.4, 0.5) is 22.0 Å². The van der Waals surface area contributed by atoms with Crippen molar-refractivity contribution in [3.63, 3.8) is 0 Å². The zero-order valence-electron chi connectivity index (χ0n) is 13.3. The van der Waals surface area contributed by atoms with E-state index in [4.69, 9.17) is 0 Å². The van der Waals surface area contributed by atoms with Gasteiger partial charge in [0.2, 0.25) is 0 Å². The Bertz CT molecular complexity index is 743. The summed E-state index contributed by atoms with van der Waals surface area (Å²) in [6.45, 7) is 0. The van der Waals surface area contributed by atoms with E-state index >= 15 is 0 Å². The second kappa shape index (κ2) is 6.32. The van der Waals surface area contributed by atoms with Gasteiger partial charge in [-0.05, 0) is 61.1 Å². The molecule has 134 valence electrons. The highest BCUT2D eigenvalue weighted by molar-refractivity contribution is 5.42. The van der Waals surface area contributed by atoms with E-state index < -0.39 is 29.1 Å². The average Bonchev–Trinajstić information content (AvgIpc) is 2.57. The molecule has 0 unspecified atom stereocenters. The van der Waals surface area contributed by atoms with Crippen molar-refractivity contribution in [2.24, 2.45) is 5.92 Å². The van der Waals surface area contributed by atoms with Crippen LogP contribution in [-0.2, 0) is 5.41 Å². The summed E-state index contributed by atoms with van der Waals surface area (Å²) in [7, 11) is 0. The summed E-state index contributed by atoms with van der Waals surface area (Å²) in [4.78, 5) is 0. The third-order valence-corrected chi connectivity index (χ3v) is 5.19. The van der Waals surface area contributed by atoms with Crippen LogP contribution in [0.5, 0.6) is 5.75 Å². The van der Waals surface area contributed by atoms with Crippen LogP contribution in [0.2, 0.25) is 0 Å². The molecule has 1 saturated carbocycles. The van der Waals surface area contributed by atoms with Gasteiger partial charge in [-0.1, -0.05) is 18.2 Å². The zero-order valence-corrected chi connectivity index (χ0v) is 13.3. The van der Waals surface area contributed by atoms with E-state index in [1.165, 1.54) is 18.2 Å². The van der Waals surface area contributed by atoms with Crippen molar-refractivity contribution in [2.45, 2.75) is 37.3 Å². The second-order valence-corrected chi connectivity index (χ2v) is 6.57. The van der Waals surface area contributed by atoms with Crippen LogP contribution in [0, 0.1) is 17.6 Å². The van der Waals surface area contributed by atoms with Gasteiger partial charge in [0.25, 0.3) is 0 Å². The quantitative estimate of drug-likeness (QED) is 0.684. The first-order valence-electron chi connectivity index (χ1n) is 8.04. The highest BCUT2D eigenvalue weighted by atomic mass is 19.4. The topological polar surface area (TPSA) is 20.2 Å². The van der Waals surface area contributed by atoms with E-state index in [1.54, 1.807) is 12.1 Å². The fourth-order valence-corrected chi connectivity index (χ4v) is 3.76. The molecule has 0 atom stereocenters. The van der Waals surface area contributed by atoms with E-state index in [0.717, 1.165) is 12.1 Å². The zero-order chi connectivity index (χ0) is 18.2. The van der Waals surface area contributed by atoms with Crippen molar-refractivity contribution in [1.82, 2.24) is 0 Å². The largest absolute Gasteiger partial charge is 0.508 e. The number of aromatic hydroxyl groups is 1. The van der Waals surface area contributed by atoms with Crippen molar-refractivity contribution in [3.8, 4) is 5.75 Å². The molecule has 3 rings (SSSR count). The predicted octanol–water partition coefficient (Wildman–Crippen LogP) is 5.71. The molecule has 0 amide bonds. The Kier molecular flexibility index (Phi) is 4.47. The smallest absolute Gasteiger partial charge is 0.391 e. The Hall–Kier alpha value is -2.11. The highest BCUT2D eigenvalue weighted by Gasteiger charge is 2.47. The summed E-state index contributed by atoms with van der Waals surface area (Å²) >= 11 is 0. The van der Waals surface area contributed by atoms with Crippen LogP contribution < -0.4 is 0 Å². The lowest BCUT2D eigenvalue weighted by atomic mass is 9.63. The van der Waals surface area contributed by atoms with Gasteiger partial charge in [-0.2, -0.15) is 13.2 Å². The van der Waals surface area contributed by atoms with Crippen LogP contribution >= 0.6 is 0 Å². The van der Waals surface area contributed by atoms with Gasteiger partial charge in [-0.15, -0.1) is 0 Å². The molecule has 1 nitrogen and oxygen atoms in total. The molecule has 25 heavy (non-hydrogen) atoms. The Morgan fingerprint density at radius 1 is 0.840 bits per heavy atom. The Morgan fingerprint density at radius 3 is 1.92 bits per heavy atom. The first-order chi connectivity index (χ1) is 11.7. The Morgan fingerprint density at radius 2 is 1.40 bits per heavy atom. The molecule has 0 radical (unpaired) electrons. The molecule has 0 bridgehead atoms. The van der Waals surface area contributed by atoms with Gasteiger partial charge < -0.3 is 5.11 Å². The maximum atomic E-state index is 13.8. The number of hydrogen-bond donors (Lipinski definition) is 1. The number of phenolic OH excluding ortho intramolecular Hbond substituents is 1. The minimum Gasteiger partial charge on any atom is -0.508 e. The van der Waals surface area contributed by atoms with E-state index in [0.29, 0.717) is 11.1 Å². The molecule has 0 heterocycles. The summed E-state index contributed by atoms with van der Waals surface area (Å²) in [5.74, 6) is -3.36. The van der Waals surface area contributed by atoms with Crippen molar-refractivity contribution < 1.29 is 27.1 Å². The molecule has 0 aliphatic heterocycles. The van der Waals surface area contributed by atoms with Crippen molar-refractivity contribution in [1.29, 1.82) is 0 Å². The molecule has 0 aromatic heterocycles. The summed E-state index contributed by atoms with van der Waals surface area (Å²) in [6.07, 6.45) is -4.07. The maximum absolute atomic E-state index is 13.8. The first-order valence-corrected chi connectivity index (χ1v) is 8.04. The normalized spacial score (nSPS) is 24.3. The number of benzene rings is 2. The standard InChI is InChI=1S/C19H17F5O/c20-16-6-3-14(11-17(16)21)18(12-1-4-15(25)5-2-12)9-7-13(8-10-18)19(22,23)24/h1-6,11,13,25H,7-10H2/t13-,18+. The molecule has 2 aromatic rings. The lowest BCUT2D eigenvalue weighted by molar-refractivity contribution is -0.184. The lowest BCUT2D eigenvalue weighted by Gasteiger charge is -2.41. The average molecular weight is 356 g/mol. The van der Waals surface area contributed by atoms with Gasteiger partial charge >= 0.3 is 6.18 Å². The third kappa shape index (κ3) is 3.34. The molecule has 0 spiro atoms. The van der Waals surface area contributed by atoms with Gasteiger partial charge in [0.05, 0.1) is 5.92 Å².